The molecule has 1 atom stereocenters. The molecule has 1 amide bonds. The summed E-state index contributed by atoms with van der Waals surface area (Å²) in [4.78, 5) is 20.4. The molecular weight excluding hydrogens is 302 g/mol. The number of carbonyl (C=O) groups excluding carboxylic acids is 1. The van der Waals surface area contributed by atoms with E-state index in [-0.39, 0.29) is 11.9 Å². The van der Waals surface area contributed by atoms with Gasteiger partial charge in [0, 0.05) is 21.3 Å². The van der Waals surface area contributed by atoms with E-state index >= 15 is 0 Å². The number of carbonyl (C=O) groups is 1. The van der Waals surface area contributed by atoms with Gasteiger partial charge in [-0.15, -0.1) is 22.7 Å². The third kappa shape index (κ3) is 2.64. The Labute approximate surface area is 130 Å². The summed E-state index contributed by atoms with van der Waals surface area (Å²) in [7, 11) is 0. The van der Waals surface area contributed by atoms with Gasteiger partial charge in [0.05, 0.1) is 11.7 Å². The molecule has 108 valence electrons. The molecule has 3 aromatic rings. The van der Waals surface area contributed by atoms with Crippen LogP contribution in [0.1, 0.15) is 32.4 Å². The molecule has 0 radical (unpaired) electrons. The van der Waals surface area contributed by atoms with Crippen molar-refractivity contribution in [2.45, 2.75) is 19.9 Å². The first-order valence-electron chi connectivity index (χ1n) is 6.56. The molecule has 4 nitrogen and oxygen atoms in total. The largest absolute Gasteiger partial charge is 0.397 e. The van der Waals surface area contributed by atoms with Crippen LogP contribution in [0.15, 0.2) is 30.5 Å². The van der Waals surface area contributed by atoms with Crippen LogP contribution in [0, 0.1) is 6.92 Å². The Kier molecular flexibility index (Phi) is 3.65. The van der Waals surface area contributed by atoms with Crippen LogP contribution in [-0.2, 0) is 0 Å². The van der Waals surface area contributed by atoms with Gasteiger partial charge >= 0.3 is 0 Å². The Balaban J connectivity index is 1.85. The highest BCUT2D eigenvalue weighted by atomic mass is 32.1. The number of nitrogens with zero attached hydrogens (tertiary/aromatic N) is 1. The first-order valence-corrected chi connectivity index (χ1v) is 8.19. The van der Waals surface area contributed by atoms with Crippen molar-refractivity contribution >= 4 is 44.5 Å². The van der Waals surface area contributed by atoms with Crippen molar-refractivity contribution in [1.29, 1.82) is 0 Å². The van der Waals surface area contributed by atoms with E-state index in [4.69, 9.17) is 5.73 Å². The zero-order valence-corrected chi connectivity index (χ0v) is 13.3. The number of rotatable bonds is 3. The Hall–Kier alpha value is -1.92. The average Bonchev–Trinajstić information content (AvgIpc) is 3.04. The minimum atomic E-state index is -0.144. The Morgan fingerprint density at radius 3 is 2.81 bits per heavy atom. The summed E-state index contributed by atoms with van der Waals surface area (Å²) >= 11 is 3.02. The molecule has 0 bridgehead atoms. The molecule has 3 rings (SSSR count). The van der Waals surface area contributed by atoms with Crippen LogP contribution in [0.2, 0.25) is 0 Å². The van der Waals surface area contributed by atoms with Gasteiger partial charge in [-0.2, -0.15) is 0 Å². The SMILES string of the molecule is Cc1ccc(C(C)NC(=O)c2sc3ncccc3c2N)s1. The maximum atomic E-state index is 12.4. The number of anilines is 1. The summed E-state index contributed by atoms with van der Waals surface area (Å²) in [5.41, 5.74) is 6.58. The number of fused-ring (bicyclic) bond motifs is 1. The van der Waals surface area contributed by atoms with Crippen molar-refractivity contribution in [2.24, 2.45) is 0 Å². The number of nitrogen functional groups attached to an aromatic ring is 1. The van der Waals surface area contributed by atoms with Gasteiger partial charge in [0.2, 0.25) is 0 Å². The third-order valence-electron chi connectivity index (χ3n) is 3.25. The van der Waals surface area contributed by atoms with Gasteiger partial charge in [-0.1, -0.05) is 0 Å². The lowest BCUT2D eigenvalue weighted by Crippen LogP contribution is -2.25. The van der Waals surface area contributed by atoms with Gasteiger partial charge in [-0.25, -0.2) is 4.98 Å². The average molecular weight is 317 g/mol. The second-order valence-corrected chi connectivity index (χ2v) is 7.16. The molecule has 1 unspecified atom stereocenters. The van der Waals surface area contributed by atoms with Crippen LogP contribution in [0.25, 0.3) is 10.2 Å². The zero-order chi connectivity index (χ0) is 15.0. The molecule has 3 N–H and O–H groups in total. The molecule has 6 heteroatoms. The van der Waals surface area contributed by atoms with E-state index in [1.165, 1.54) is 16.2 Å². The lowest BCUT2D eigenvalue weighted by atomic mass is 10.2. The predicted molar refractivity (Wildman–Crippen MR) is 89.0 cm³/mol. The minimum absolute atomic E-state index is 0.0335. The topological polar surface area (TPSA) is 68.0 Å². The monoisotopic (exact) mass is 317 g/mol. The number of nitrogens with one attached hydrogen (secondary N) is 1. The molecule has 0 saturated carbocycles. The minimum Gasteiger partial charge on any atom is -0.397 e. The number of nitrogens with two attached hydrogens (primary N) is 1. The van der Waals surface area contributed by atoms with E-state index in [9.17, 15) is 4.79 Å². The fourth-order valence-corrected chi connectivity index (χ4v) is 3.99. The Bertz CT molecular complexity index is 806. The highest BCUT2D eigenvalue weighted by Crippen LogP contribution is 2.32. The third-order valence-corrected chi connectivity index (χ3v) is 5.56. The molecule has 0 spiro atoms. The quantitative estimate of drug-likeness (QED) is 0.773. The maximum absolute atomic E-state index is 12.4. The predicted octanol–water partition coefficient (Wildman–Crippen LogP) is 3.74. The van der Waals surface area contributed by atoms with E-state index < -0.39 is 0 Å². The fraction of sp³-hybridized carbons (Fsp3) is 0.200. The van der Waals surface area contributed by atoms with Crippen molar-refractivity contribution in [3.05, 3.63) is 45.1 Å². The van der Waals surface area contributed by atoms with Crippen molar-refractivity contribution in [1.82, 2.24) is 10.3 Å². The van der Waals surface area contributed by atoms with Crippen molar-refractivity contribution in [3.8, 4) is 0 Å². The molecular formula is C15H15N3OS2. The van der Waals surface area contributed by atoms with Gasteiger partial charge < -0.3 is 11.1 Å². The smallest absolute Gasteiger partial charge is 0.264 e. The second-order valence-electron chi connectivity index (χ2n) is 4.84. The standard InChI is InChI=1S/C15H15N3OS2/c1-8-5-6-11(20-8)9(2)18-14(19)13-12(16)10-4-3-7-17-15(10)21-13/h3-7,9H,16H2,1-2H3,(H,18,19). The molecule has 0 saturated heterocycles. The first kappa shape index (κ1) is 14.0. The van der Waals surface area contributed by atoms with Crippen molar-refractivity contribution in [2.75, 3.05) is 5.73 Å². The molecule has 21 heavy (non-hydrogen) atoms. The summed E-state index contributed by atoms with van der Waals surface area (Å²) in [5.74, 6) is -0.144. The lowest BCUT2D eigenvalue weighted by molar-refractivity contribution is 0.0945. The van der Waals surface area contributed by atoms with E-state index in [1.54, 1.807) is 17.5 Å². The summed E-state index contributed by atoms with van der Waals surface area (Å²) in [6, 6.07) is 7.77. The molecule has 0 fully saturated rings. The molecule has 3 heterocycles. The number of aromatic nitrogens is 1. The molecule has 0 aliphatic carbocycles. The number of hydrogen-bond donors (Lipinski definition) is 2. The van der Waals surface area contributed by atoms with Crippen LogP contribution in [0.4, 0.5) is 5.69 Å². The van der Waals surface area contributed by atoms with Crippen LogP contribution in [-0.4, -0.2) is 10.9 Å². The van der Waals surface area contributed by atoms with E-state index in [1.807, 2.05) is 25.1 Å². The number of thiophene rings is 2. The summed E-state index contributed by atoms with van der Waals surface area (Å²) in [6.45, 7) is 4.03. The van der Waals surface area contributed by atoms with Crippen LogP contribution in [0.5, 0.6) is 0 Å². The molecule has 3 aromatic heterocycles. The number of pyridine rings is 1. The van der Waals surface area contributed by atoms with E-state index in [0.29, 0.717) is 10.6 Å². The molecule has 0 aliphatic rings. The van der Waals surface area contributed by atoms with Crippen molar-refractivity contribution in [3.63, 3.8) is 0 Å². The van der Waals surface area contributed by atoms with Crippen molar-refractivity contribution < 1.29 is 4.79 Å². The Morgan fingerprint density at radius 1 is 1.33 bits per heavy atom. The molecule has 0 aromatic carbocycles. The fourth-order valence-electron chi connectivity index (χ4n) is 2.14. The number of aryl methyl sites for hydroxylation is 1. The van der Waals surface area contributed by atoms with Gasteiger partial charge in [-0.05, 0) is 38.1 Å². The van der Waals surface area contributed by atoms with E-state index in [0.717, 1.165) is 15.1 Å². The molecule has 0 aliphatic heterocycles. The number of hydrogen-bond acceptors (Lipinski definition) is 5. The van der Waals surface area contributed by atoms with Gasteiger partial charge in [0.25, 0.3) is 5.91 Å². The van der Waals surface area contributed by atoms with Crippen LogP contribution < -0.4 is 11.1 Å². The summed E-state index contributed by atoms with van der Waals surface area (Å²) in [5, 5.41) is 3.84. The van der Waals surface area contributed by atoms with Gasteiger partial charge in [0.1, 0.15) is 9.71 Å². The second kappa shape index (κ2) is 5.46. The number of amides is 1. The highest BCUT2D eigenvalue weighted by Gasteiger charge is 2.19. The van der Waals surface area contributed by atoms with E-state index in [2.05, 4.69) is 23.3 Å². The Morgan fingerprint density at radius 2 is 2.14 bits per heavy atom. The highest BCUT2D eigenvalue weighted by molar-refractivity contribution is 7.21. The van der Waals surface area contributed by atoms with Crippen LogP contribution in [0.3, 0.4) is 0 Å². The summed E-state index contributed by atoms with van der Waals surface area (Å²) in [6.07, 6.45) is 1.71. The normalized spacial score (nSPS) is 12.5. The lowest BCUT2D eigenvalue weighted by Gasteiger charge is -2.11. The van der Waals surface area contributed by atoms with Gasteiger partial charge in [-0.3, -0.25) is 4.79 Å². The van der Waals surface area contributed by atoms with Gasteiger partial charge in [0.15, 0.2) is 0 Å². The van der Waals surface area contributed by atoms with Crippen LogP contribution >= 0.6 is 22.7 Å². The summed E-state index contributed by atoms with van der Waals surface area (Å²) < 4.78 is 0. The first-order chi connectivity index (χ1) is 10.1. The maximum Gasteiger partial charge on any atom is 0.264 e. The zero-order valence-electron chi connectivity index (χ0n) is 11.7.